The van der Waals surface area contributed by atoms with Gasteiger partial charge in [-0.2, -0.15) is 0 Å². The summed E-state index contributed by atoms with van der Waals surface area (Å²) in [6.07, 6.45) is 7.53. The molecule has 2 fully saturated rings. The molecule has 6 atom stereocenters. The van der Waals surface area contributed by atoms with Crippen molar-refractivity contribution in [2.45, 2.75) is 70.2 Å². The molecule has 0 aromatic heterocycles. The van der Waals surface area contributed by atoms with Crippen LogP contribution in [0.3, 0.4) is 0 Å². The highest BCUT2D eigenvalue weighted by Crippen LogP contribution is 2.52. The van der Waals surface area contributed by atoms with Gasteiger partial charge in [0.1, 0.15) is 11.9 Å². The number of ether oxygens (including phenoxy) is 2. The molecule has 1 aromatic carbocycles. The molecule has 0 unspecified atom stereocenters. The lowest BCUT2D eigenvalue weighted by molar-refractivity contribution is 0.0372. The van der Waals surface area contributed by atoms with Crippen LogP contribution in [0.4, 0.5) is 0 Å². The van der Waals surface area contributed by atoms with E-state index in [1.54, 1.807) is 0 Å². The van der Waals surface area contributed by atoms with Crippen LogP contribution in [-0.4, -0.2) is 66.3 Å². The van der Waals surface area contributed by atoms with Gasteiger partial charge in [-0.25, -0.2) is 0 Å². The van der Waals surface area contributed by atoms with Gasteiger partial charge in [-0.15, -0.1) is 11.8 Å². The van der Waals surface area contributed by atoms with Crippen molar-refractivity contribution in [2.24, 2.45) is 11.8 Å². The Kier molecular flexibility index (Phi) is 8.49. The first-order valence-electron chi connectivity index (χ1n) is 12.6. The number of morpholine rings is 1. The maximum Gasteiger partial charge on any atom is 0.126 e. The van der Waals surface area contributed by atoms with Gasteiger partial charge < -0.3 is 19.7 Å². The molecular weight excluding hydrogens is 414 g/mol. The second-order valence-corrected chi connectivity index (χ2v) is 9.79. The third kappa shape index (κ3) is 5.81. The molecule has 1 aliphatic carbocycles. The predicted octanol–water partition coefficient (Wildman–Crippen LogP) is 3.53. The molecule has 0 amide bonds. The lowest BCUT2D eigenvalue weighted by Gasteiger charge is -2.26. The molecule has 3 aliphatic rings. The number of unbranched alkanes of at least 4 members (excludes halogenated alkanes) is 1. The van der Waals surface area contributed by atoms with Gasteiger partial charge in [0.15, 0.2) is 0 Å². The maximum atomic E-state index is 10.7. The summed E-state index contributed by atoms with van der Waals surface area (Å²) in [5, 5.41) is 21.2. The molecule has 4 rings (SSSR count). The first-order chi connectivity index (χ1) is 16.1. The summed E-state index contributed by atoms with van der Waals surface area (Å²) in [5.41, 5.74) is 2.50. The van der Waals surface area contributed by atoms with Crippen molar-refractivity contribution >= 4 is 0 Å². The Bertz CT molecular complexity index is 866. The molecule has 5 nitrogen and oxygen atoms in total. The van der Waals surface area contributed by atoms with E-state index in [1.165, 1.54) is 17.5 Å². The Labute approximate surface area is 198 Å². The number of aliphatic hydroxyl groups excluding tert-OH is 2. The summed E-state index contributed by atoms with van der Waals surface area (Å²) in [7, 11) is 0. The molecule has 180 valence electrons. The second-order valence-electron chi connectivity index (χ2n) is 9.79. The van der Waals surface area contributed by atoms with Crippen molar-refractivity contribution in [3.63, 3.8) is 0 Å². The molecule has 33 heavy (non-hydrogen) atoms. The summed E-state index contributed by atoms with van der Waals surface area (Å²) < 4.78 is 11.9. The number of hydrogen-bond donors (Lipinski definition) is 2. The molecule has 0 bridgehead atoms. The van der Waals surface area contributed by atoms with Crippen LogP contribution in [0.15, 0.2) is 30.4 Å². The number of para-hydroxylation sites is 1. The smallest absolute Gasteiger partial charge is 0.126 e. The highest BCUT2D eigenvalue weighted by atomic mass is 16.5. The standard InChI is InChI=1S/C28H39NO4/c1-3-4-8-20(2)24(30)13-12-22-25(31)19-26-27(22)23-11-7-10-21(28(23)33-26)9-5-6-14-29-15-17-32-18-16-29/h7,10-13,20,22,24-27,30-31H,5-6,8-9,14-19H2,1-2H3/b13-12+/t20-,22-,24+,25+,26-,27-/m0/s1. The van der Waals surface area contributed by atoms with Crippen LogP contribution < -0.4 is 4.74 Å². The molecule has 0 radical (unpaired) electrons. The van der Waals surface area contributed by atoms with E-state index in [2.05, 4.69) is 34.9 Å². The van der Waals surface area contributed by atoms with Gasteiger partial charge in [0.2, 0.25) is 0 Å². The first-order valence-corrected chi connectivity index (χ1v) is 12.6. The lowest BCUT2D eigenvalue weighted by atomic mass is 9.86. The minimum atomic E-state index is -0.559. The monoisotopic (exact) mass is 453 g/mol. The van der Waals surface area contributed by atoms with Gasteiger partial charge in [-0.1, -0.05) is 37.3 Å². The van der Waals surface area contributed by atoms with Gasteiger partial charge in [-0.3, -0.25) is 4.90 Å². The molecule has 5 heteroatoms. The van der Waals surface area contributed by atoms with E-state index in [-0.39, 0.29) is 23.9 Å². The Morgan fingerprint density at radius 2 is 2.06 bits per heavy atom. The molecule has 2 heterocycles. The Morgan fingerprint density at radius 3 is 2.85 bits per heavy atom. The Hall–Kier alpha value is -1.84. The molecule has 0 spiro atoms. The van der Waals surface area contributed by atoms with Gasteiger partial charge in [0, 0.05) is 43.3 Å². The first kappa shape index (κ1) is 24.3. The fourth-order valence-corrected chi connectivity index (χ4v) is 5.46. The summed E-state index contributed by atoms with van der Waals surface area (Å²) >= 11 is 0. The number of hydrogen-bond acceptors (Lipinski definition) is 5. The van der Waals surface area contributed by atoms with E-state index in [1.807, 2.05) is 26.0 Å². The number of rotatable bonds is 9. The third-order valence-corrected chi connectivity index (χ3v) is 7.48. The molecule has 1 saturated carbocycles. The van der Waals surface area contributed by atoms with Crippen molar-refractivity contribution in [3.05, 3.63) is 41.5 Å². The molecule has 1 aromatic rings. The number of fused-ring (bicyclic) bond motifs is 3. The summed E-state index contributed by atoms with van der Waals surface area (Å²) in [6, 6.07) is 6.48. The zero-order valence-corrected chi connectivity index (χ0v) is 20.1. The van der Waals surface area contributed by atoms with Gasteiger partial charge in [0.25, 0.3) is 0 Å². The predicted molar refractivity (Wildman–Crippen MR) is 130 cm³/mol. The van der Waals surface area contributed by atoms with E-state index in [0.29, 0.717) is 12.8 Å². The SMILES string of the molecule is CC#CC[C@H](C)[C@H](O)/C=C/[C@@H]1[C@H]2c3cccc(CCCCN4CCOCC4)c3O[C@H]2C[C@H]1O. The maximum absolute atomic E-state index is 10.7. The second kappa shape index (κ2) is 11.5. The van der Waals surface area contributed by atoms with Crippen molar-refractivity contribution in [1.82, 2.24) is 4.90 Å². The van der Waals surface area contributed by atoms with Crippen LogP contribution in [0, 0.1) is 23.7 Å². The average Bonchev–Trinajstić information content (AvgIpc) is 3.34. The molecule has 2 N–H and O–H groups in total. The zero-order chi connectivity index (χ0) is 23.2. The van der Waals surface area contributed by atoms with Crippen LogP contribution in [0.2, 0.25) is 0 Å². The van der Waals surface area contributed by atoms with Crippen molar-refractivity contribution in [3.8, 4) is 17.6 Å². The number of nitrogens with zero attached hydrogens (tertiary/aromatic N) is 1. The quantitative estimate of drug-likeness (QED) is 0.340. The van der Waals surface area contributed by atoms with Crippen molar-refractivity contribution < 1.29 is 19.7 Å². The lowest BCUT2D eigenvalue weighted by Crippen LogP contribution is -2.36. The highest BCUT2D eigenvalue weighted by molar-refractivity contribution is 5.49. The van der Waals surface area contributed by atoms with Crippen LogP contribution in [0.1, 0.15) is 56.6 Å². The zero-order valence-electron chi connectivity index (χ0n) is 20.1. The van der Waals surface area contributed by atoms with Crippen molar-refractivity contribution in [2.75, 3.05) is 32.8 Å². The van der Waals surface area contributed by atoms with Crippen molar-refractivity contribution in [1.29, 1.82) is 0 Å². The number of aliphatic hydroxyl groups is 2. The fourth-order valence-electron chi connectivity index (χ4n) is 5.46. The minimum Gasteiger partial charge on any atom is -0.489 e. The normalized spacial score (nSPS) is 28.6. The summed E-state index contributed by atoms with van der Waals surface area (Å²) in [6.45, 7) is 8.76. The van der Waals surface area contributed by atoms with E-state index in [4.69, 9.17) is 9.47 Å². The summed E-state index contributed by atoms with van der Waals surface area (Å²) in [5.74, 6) is 7.15. The molecule has 2 aliphatic heterocycles. The average molecular weight is 454 g/mol. The fraction of sp³-hybridized carbons (Fsp3) is 0.643. The van der Waals surface area contributed by atoms with Gasteiger partial charge in [0.05, 0.1) is 25.4 Å². The van der Waals surface area contributed by atoms with Crippen LogP contribution in [0.25, 0.3) is 0 Å². The van der Waals surface area contributed by atoms with E-state index in [9.17, 15) is 10.2 Å². The minimum absolute atomic E-state index is 0.0136. The van der Waals surface area contributed by atoms with E-state index < -0.39 is 12.2 Å². The van der Waals surface area contributed by atoms with Crippen LogP contribution in [-0.2, 0) is 11.2 Å². The van der Waals surface area contributed by atoms with Gasteiger partial charge in [-0.05, 0) is 44.2 Å². The Balaban J connectivity index is 1.38. The van der Waals surface area contributed by atoms with Crippen LogP contribution >= 0.6 is 0 Å². The third-order valence-electron chi connectivity index (χ3n) is 7.48. The Morgan fingerprint density at radius 1 is 1.24 bits per heavy atom. The molecular formula is C28H39NO4. The number of benzene rings is 1. The van der Waals surface area contributed by atoms with Gasteiger partial charge >= 0.3 is 0 Å². The summed E-state index contributed by atoms with van der Waals surface area (Å²) in [4.78, 5) is 2.49. The topological polar surface area (TPSA) is 62.2 Å². The van der Waals surface area contributed by atoms with E-state index >= 15 is 0 Å². The molecule has 1 saturated heterocycles. The van der Waals surface area contributed by atoms with E-state index in [0.717, 1.165) is 51.4 Å². The van der Waals surface area contributed by atoms with Crippen LogP contribution in [0.5, 0.6) is 5.75 Å². The highest BCUT2D eigenvalue weighted by Gasteiger charge is 2.48. The largest absolute Gasteiger partial charge is 0.489 e. The number of aryl methyl sites for hydroxylation is 1.